The number of hydrogen-bond donors (Lipinski definition) is 1. The molecule has 22 heavy (non-hydrogen) atoms. The normalized spacial score (nSPS) is 16.1. The molecular formula is C15H25Cl2N3O2. The number of aromatic nitrogens is 1. The van der Waals surface area contributed by atoms with Crippen LogP contribution in [0.25, 0.3) is 0 Å². The van der Waals surface area contributed by atoms with E-state index in [1.807, 2.05) is 30.0 Å². The minimum atomic E-state index is -0.671. The summed E-state index contributed by atoms with van der Waals surface area (Å²) in [5.74, 6) is 0.0784. The lowest BCUT2D eigenvalue weighted by atomic mass is 9.90. The van der Waals surface area contributed by atoms with Crippen LogP contribution in [-0.4, -0.2) is 48.1 Å². The van der Waals surface area contributed by atoms with Crippen LogP contribution >= 0.6 is 24.8 Å². The number of methoxy groups -OCH3 is 1. The van der Waals surface area contributed by atoms with E-state index in [1.165, 1.54) is 0 Å². The Kier molecular flexibility index (Phi) is 9.60. The van der Waals surface area contributed by atoms with Crippen molar-refractivity contribution in [2.75, 3.05) is 26.7 Å². The van der Waals surface area contributed by atoms with Gasteiger partial charge in [0.15, 0.2) is 0 Å². The monoisotopic (exact) mass is 349 g/mol. The van der Waals surface area contributed by atoms with E-state index in [4.69, 9.17) is 4.74 Å². The van der Waals surface area contributed by atoms with Crippen molar-refractivity contribution in [1.29, 1.82) is 0 Å². The minimum Gasteiger partial charge on any atom is -0.368 e. The maximum Gasteiger partial charge on any atom is 0.255 e. The Balaban J connectivity index is 0.00000220. The lowest BCUT2D eigenvalue weighted by Crippen LogP contribution is -2.55. The van der Waals surface area contributed by atoms with Gasteiger partial charge >= 0.3 is 0 Å². The van der Waals surface area contributed by atoms with Gasteiger partial charge in [0, 0.05) is 19.9 Å². The molecule has 1 aromatic heterocycles. The highest BCUT2D eigenvalue weighted by Crippen LogP contribution is 2.25. The molecule has 1 fully saturated rings. The van der Waals surface area contributed by atoms with Crippen LogP contribution in [-0.2, 0) is 16.1 Å². The Morgan fingerprint density at radius 3 is 2.55 bits per heavy atom. The zero-order chi connectivity index (χ0) is 14.4. The van der Waals surface area contributed by atoms with E-state index >= 15 is 0 Å². The van der Waals surface area contributed by atoms with Gasteiger partial charge < -0.3 is 15.0 Å². The first kappa shape index (κ1) is 21.1. The molecule has 0 atom stereocenters. The van der Waals surface area contributed by atoms with Gasteiger partial charge in [-0.05, 0) is 45.0 Å². The highest BCUT2D eigenvalue weighted by atomic mass is 35.5. The van der Waals surface area contributed by atoms with Crippen molar-refractivity contribution in [3.63, 3.8) is 0 Å². The summed E-state index contributed by atoms with van der Waals surface area (Å²) in [7, 11) is 1.64. The topological polar surface area (TPSA) is 54.5 Å². The molecule has 0 saturated carbocycles. The molecule has 126 valence electrons. The summed E-state index contributed by atoms with van der Waals surface area (Å²) in [4.78, 5) is 19.0. The molecule has 0 unspecified atom stereocenters. The number of carbonyl (C=O) groups is 1. The smallest absolute Gasteiger partial charge is 0.255 e. The van der Waals surface area contributed by atoms with Crippen LogP contribution in [0.2, 0.25) is 0 Å². The molecule has 7 heteroatoms. The second-order valence-electron chi connectivity index (χ2n) is 5.09. The van der Waals surface area contributed by atoms with Crippen LogP contribution in [0.4, 0.5) is 0 Å². The number of hydrogen-bond acceptors (Lipinski definition) is 4. The highest BCUT2D eigenvalue weighted by molar-refractivity contribution is 5.86. The number of nitrogens with one attached hydrogen (secondary N) is 1. The standard InChI is InChI=1S/C15H23N3O2.2ClH/c1-3-18(12-13-6-4-5-9-17-13)14(19)15(20-2)7-10-16-11-8-15;;/h4-6,9,16H,3,7-8,10-12H2,1-2H3;2*1H. The van der Waals surface area contributed by atoms with Crippen molar-refractivity contribution in [2.45, 2.75) is 31.9 Å². The van der Waals surface area contributed by atoms with Gasteiger partial charge in [-0.1, -0.05) is 6.07 Å². The zero-order valence-corrected chi connectivity index (χ0v) is 14.7. The lowest BCUT2D eigenvalue weighted by Gasteiger charge is -2.38. The molecule has 0 aromatic carbocycles. The molecule has 1 aliphatic heterocycles. The molecule has 0 spiro atoms. The predicted molar refractivity (Wildman–Crippen MR) is 91.7 cm³/mol. The summed E-state index contributed by atoms with van der Waals surface area (Å²) in [6.45, 7) is 4.83. The number of rotatable bonds is 5. The average molecular weight is 350 g/mol. The summed E-state index contributed by atoms with van der Waals surface area (Å²) in [5.41, 5.74) is 0.235. The number of ether oxygens (including phenoxy) is 1. The largest absolute Gasteiger partial charge is 0.368 e. The van der Waals surface area contributed by atoms with Crippen LogP contribution in [0.15, 0.2) is 24.4 Å². The van der Waals surface area contributed by atoms with Gasteiger partial charge in [0.05, 0.1) is 12.2 Å². The third-order valence-electron chi connectivity index (χ3n) is 3.94. The van der Waals surface area contributed by atoms with Crippen LogP contribution in [0, 0.1) is 0 Å². The Morgan fingerprint density at radius 1 is 1.36 bits per heavy atom. The van der Waals surface area contributed by atoms with E-state index in [0.717, 1.165) is 31.6 Å². The van der Waals surface area contributed by atoms with Crippen LogP contribution in [0.5, 0.6) is 0 Å². The SMILES string of the molecule is CCN(Cc1ccccn1)C(=O)C1(OC)CCNCC1.Cl.Cl. The molecule has 1 saturated heterocycles. The zero-order valence-electron chi connectivity index (χ0n) is 13.1. The Bertz CT molecular complexity index is 440. The Morgan fingerprint density at radius 2 is 2.05 bits per heavy atom. The third kappa shape index (κ3) is 4.81. The molecule has 1 amide bonds. The van der Waals surface area contributed by atoms with Gasteiger partial charge in [-0.25, -0.2) is 0 Å². The number of halogens is 2. The summed E-state index contributed by atoms with van der Waals surface area (Å²) in [5, 5.41) is 3.27. The predicted octanol–water partition coefficient (Wildman–Crippen LogP) is 2.04. The molecule has 1 aromatic rings. The molecule has 2 heterocycles. The second kappa shape index (κ2) is 10.0. The van der Waals surface area contributed by atoms with Crippen LogP contribution in [0.3, 0.4) is 0 Å². The van der Waals surface area contributed by atoms with Gasteiger partial charge in [-0.2, -0.15) is 0 Å². The fourth-order valence-electron chi connectivity index (χ4n) is 2.64. The van der Waals surface area contributed by atoms with E-state index < -0.39 is 5.60 Å². The fourth-order valence-corrected chi connectivity index (χ4v) is 2.64. The molecule has 0 bridgehead atoms. The van der Waals surface area contributed by atoms with Crippen LogP contribution < -0.4 is 5.32 Å². The van der Waals surface area contributed by atoms with Crippen molar-refractivity contribution in [1.82, 2.24) is 15.2 Å². The quantitative estimate of drug-likeness (QED) is 0.883. The molecule has 5 nitrogen and oxygen atoms in total. The van der Waals surface area contributed by atoms with Crippen molar-refractivity contribution in [3.8, 4) is 0 Å². The summed E-state index contributed by atoms with van der Waals surface area (Å²) < 4.78 is 5.61. The van der Waals surface area contributed by atoms with Gasteiger partial charge in [0.25, 0.3) is 5.91 Å². The summed E-state index contributed by atoms with van der Waals surface area (Å²) in [6.07, 6.45) is 3.20. The average Bonchev–Trinajstić information content (AvgIpc) is 2.53. The number of likely N-dealkylation sites (N-methyl/N-ethyl adjacent to an activating group) is 1. The number of piperidine rings is 1. The van der Waals surface area contributed by atoms with E-state index in [1.54, 1.807) is 13.3 Å². The number of amides is 1. The fraction of sp³-hybridized carbons (Fsp3) is 0.600. The maximum absolute atomic E-state index is 12.8. The molecule has 1 aliphatic rings. The number of carbonyl (C=O) groups excluding carboxylic acids is 1. The van der Waals surface area contributed by atoms with Gasteiger partial charge in [0.1, 0.15) is 5.60 Å². The van der Waals surface area contributed by atoms with Crippen molar-refractivity contribution >= 4 is 30.7 Å². The van der Waals surface area contributed by atoms with E-state index in [0.29, 0.717) is 13.1 Å². The van der Waals surface area contributed by atoms with Crippen molar-refractivity contribution < 1.29 is 9.53 Å². The summed E-state index contributed by atoms with van der Waals surface area (Å²) >= 11 is 0. The van der Waals surface area contributed by atoms with E-state index in [9.17, 15) is 4.79 Å². The molecule has 2 rings (SSSR count). The van der Waals surface area contributed by atoms with Crippen molar-refractivity contribution in [3.05, 3.63) is 30.1 Å². The van der Waals surface area contributed by atoms with Gasteiger partial charge in [0.2, 0.25) is 0 Å². The Labute approximate surface area is 144 Å². The molecule has 1 N–H and O–H groups in total. The van der Waals surface area contributed by atoms with Crippen molar-refractivity contribution in [2.24, 2.45) is 0 Å². The first-order chi connectivity index (χ1) is 9.72. The molecular weight excluding hydrogens is 325 g/mol. The first-order valence-electron chi connectivity index (χ1n) is 7.17. The summed E-state index contributed by atoms with van der Waals surface area (Å²) in [6, 6.07) is 5.76. The third-order valence-corrected chi connectivity index (χ3v) is 3.94. The minimum absolute atomic E-state index is 0. The van der Waals surface area contributed by atoms with Gasteiger partial charge in [-0.3, -0.25) is 9.78 Å². The maximum atomic E-state index is 12.8. The van der Waals surface area contributed by atoms with E-state index in [-0.39, 0.29) is 30.7 Å². The second-order valence-corrected chi connectivity index (χ2v) is 5.09. The van der Waals surface area contributed by atoms with Gasteiger partial charge in [-0.15, -0.1) is 24.8 Å². The number of pyridine rings is 1. The molecule has 0 aliphatic carbocycles. The Hall–Kier alpha value is -0.880. The molecule has 0 radical (unpaired) electrons. The lowest BCUT2D eigenvalue weighted by molar-refractivity contribution is -0.158. The first-order valence-corrected chi connectivity index (χ1v) is 7.17. The van der Waals surface area contributed by atoms with Crippen LogP contribution in [0.1, 0.15) is 25.5 Å². The highest BCUT2D eigenvalue weighted by Gasteiger charge is 2.42. The number of nitrogens with zero attached hydrogens (tertiary/aromatic N) is 2. The van der Waals surface area contributed by atoms with E-state index in [2.05, 4.69) is 10.3 Å².